The number of aliphatic hydroxyl groups is 1. The molecule has 8 heteroatoms. The Hall–Kier alpha value is -0.450. The predicted octanol–water partition coefficient (Wildman–Crippen LogP) is 2.66. The molecule has 0 amide bonds. The molecule has 0 spiro atoms. The molecule has 1 heterocycles. The third kappa shape index (κ3) is 6.12. The van der Waals surface area contributed by atoms with Crippen LogP contribution in [0.1, 0.15) is 18.4 Å². The highest BCUT2D eigenvalue weighted by Gasteiger charge is 2.34. The van der Waals surface area contributed by atoms with Gasteiger partial charge in [0.05, 0.1) is 6.61 Å². The Kier molecular flexibility index (Phi) is 9.47. The third-order valence-corrected chi connectivity index (χ3v) is 4.91. The molecule has 1 fully saturated rings. The standard InChI is InChI=1S/C16H23BrFN3O2.HI/c1-19-15(20-9-12-8-13(18)2-3-14(12)17)21-10-16(4-6-22)5-7-23-11-16;/h2-3,8,22H,4-7,9-11H2,1H3,(H2,19,20,21);1H. The average molecular weight is 516 g/mol. The predicted molar refractivity (Wildman–Crippen MR) is 107 cm³/mol. The first kappa shape index (κ1) is 21.6. The molecule has 0 aromatic heterocycles. The van der Waals surface area contributed by atoms with Crippen LogP contribution in [0, 0.1) is 11.2 Å². The summed E-state index contributed by atoms with van der Waals surface area (Å²) in [5.74, 6) is 0.378. The zero-order valence-corrected chi connectivity index (χ0v) is 17.6. The number of nitrogens with one attached hydrogen (secondary N) is 2. The Morgan fingerprint density at radius 2 is 2.25 bits per heavy atom. The van der Waals surface area contributed by atoms with Gasteiger partial charge >= 0.3 is 0 Å². The van der Waals surface area contributed by atoms with Crippen LogP contribution in [-0.4, -0.2) is 44.5 Å². The monoisotopic (exact) mass is 515 g/mol. The van der Waals surface area contributed by atoms with Crippen molar-refractivity contribution in [2.75, 3.05) is 33.4 Å². The molecule has 1 unspecified atom stereocenters. The summed E-state index contributed by atoms with van der Waals surface area (Å²) in [5.41, 5.74) is 0.772. The third-order valence-electron chi connectivity index (χ3n) is 4.14. The van der Waals surface area contributed by atoms with Crippen molar-refractivity contribution in [1.82, 2.24) is 10.6 Å². The molecular formula is C16H24BrFIN3O2. The van der Waals surface area contributed by atoms with E-state index >= 15 is 0 Å². The van der Waals surface area contributed by atoms with Gasteiger partial charge in [-0.15, -0.1) is 24.0 Å². The lowest BCUT2D eigenvalue weighted by Crippen LogP contribution is -2.44. The van der Waals surface area contributed by atoms with Gasteiger partial charge in [0, 0.05) is 43.2 Å². The molecule has 0 bridgehead atoms. The fourth-order valence-electron chi connectivity index (χ4n) is 2.66. The SMILES string of the molecule is CN=C(NCc1cc(F)ccc1Br)NCC1(CCO)CCOC1.I. The van der Waals surface area contributed by atoms with Gasteiger partial charge in [-0.25, -0.2) is 4.39 Å². The van der Waals surface area contributed by atoms with E-state index in [2.05, 4.69) is 31.6 Å². The Morgan fingerprint density at radius 1 is 1.46 bits per heavy atom. The number of hydrogen-bond acceptors (Lipinski definition) is 3. The van der Waals surface area contributed by atoms with Crippen LogP contribution in [0.3, 0.4) is 0 Å². The van der Waals surface area contributed by atoms with E-state index in [1.54, 1.807) is 13.1 Å². The van der Waals surface area contributed by atoms with Gasteiger partial charge < -0.3 is 20.5 Å². The fraction of sp³-hybridized carbons (Fsp3) is 0.562. The molecular weight excluding hydrogens is 492 g/mol. The first-order valence-corrected chi connectivity index (χ1v) is 8.45. The highest BCUT2D eigenvalue weighted by molar-refractivity contribution is 14.0. The number of benzene rings is 1. The van der Waals surface area contributed by atoms with Crippen molar-refractivity contribution in [2.24, 2.45) is 10.4 Å². The van der Waals surface area contributed by atoms with Crippen LogP contribution in [0.2, 0.25) is 0 Å². The zero-order valence-electron chi connectivity index (χ0n) is 13.6. The summed E-state index contributed by atoms with van der Waals surface area (Å²) in [6.07, 6.45) is 1.62. The Labute approximate surface area is 167 Å². The van der Waals surface area contributed by atoms with Gasteiger partial charge in [-0.1, -0.05) is 15.9 Å². The van der Waals surface area contributed by atoms with Gasteiger partial charge in [0.2, 0.25) is 0 Å². The minimum absolute atomic E-state index is 0. The van der Waals surface area contributed by atoms with Crippen LogP contribution < -0.4 is 10.6 Å². The van der Waals surface area contributed by atoms with Crippen LogP contribution in [0.4, 0.5) is 4.39 Å². The first-order chi connectivity index (χ1) is 11.1. The Bertz CT molecular complexity index is 554. The van der Waals surface area contributed by atoms with Crippen molar-refractivity contribution in [3.8, 4) is 0 Å². The van der Waals surface area contributed by atoms with E-state index in [0.29, 0.717) is 32.1 Å². The molecule has 0 saturated carbocycles. The average Bonchev–Trinajstić information content (AvgIpc) is 3.00. The molecule has 1 aromatic carbocycles. The Balaban J connectivity index is 0.00000288. The van der Waals surface area contributed by atoms with Crippen molar-refractivity contribution in [3.05, 3.63) is 34.1 Å². The van der Waals surface area contributed by atoms with Crippen LogP contribution in [0.5, 0.6) is 0 Å². The molecule has 136 valence electrons. The number of aliphatic imine (C=N–C) groups is 1. The van der Waals surface area contributed by atoms with E-state index in [9.17, 15) is 9.50 Å². The second-order valence-corrected chi connectivity index (χ2v) is 6.65. The summed E-state index contributed by atoms with van der Waals surface area (Å²) in [6, 6.07) is 4.59. The van der Waals surface area contributed by atoms with Crippen LogP contribution in [0.15, 0.2) is 27.7 Å². The second-order valence-electron chi connectivity index (χ2n) is 5.79. The zero-order chi connectivity index (χ0) is 16.7. The largest absolute Gasteiger partial charge is 0.396 e. The maximum absolute atomic E-state index is 13.3. The number of hydrogen-bond donors (Lipinski definition) is 3. The topological polar surface area (TPSA) is 65.9 Å². The number of halogens is 3. The van der Waals surface area contributed by atoms with E-state index in [0.717, 1.165) is 23.1 Å². The lowest BCUT2D eigenvalue weighted by molar-refractivity contribution is 0.127. The summed E-state index contributed by atoms with van der Waals surface area (Å²) >= 11 is 3.41. The van der Waals surface area contributed by atoms with Crippen molar-refractivity contribution >= 4 is 45.9 Å². The van der Waals surface area contributed by atoms with Crippen molar-refractivity contribution in [2.45, 2.75) is 19.4 Å². The summed E-state index contributed by atoms with van der Waals surface area (Å²) in [7, 11) is 1.69. The van der Waals surface area contributed by atoms with Gasteiger partial charge in [-0.3, -0.25) is 4.99 Å². The molecule has 5 nitrogen and oxygen atoms in total. The van der Waals surface area contributed by atoms with Crippen LogP contribution in [0.25, 0.3) is 0 Å². The molecule has 1 aliphatic rings. The number of nitrogens with zero attached hydrogens (tertiary/aromatic N) is 1. The number of ether oxygens (including phenoxy) is 1. The quantitative estimate of drug-likeness (QED) is 0.309. The molecule has 1 saturated heterocycles. The Morgan fingerprint density at radius 3 is 2.88 bits per heavy atom. The lowest BCUT2D eigenvalue weighted by Gasteiger charge is -2.27. The van der Waals surface area contributed by atoms with Crippen LogP contribution in [-0.2, 0) is 11.3 Å². The van der Waals surface area contributed by atoms with E-state index in [1.807, 2.05) is 0 Å². The summed E-state index contributed by atoms with van der Waals surface area (Å²) in [6.45, 7) is 2.66. The lowest BCUT2D eigenvalue weighted by atomic mass is 9.84. The molecule has 1 aromatic rings. The molecule has 0 aliphatic carbocycles. The highest BCUT2D eigenvalue weighted by Crippen LogP contribution is 2.31. The number of rotatable bonds is 6. The number of aliphatic hydroxyl groups excluding tert-OH is 1. The molecule has 2 rings (SSSR count). The van der Waals surface area contributed by atoms with Gasteiger partial charge in [-0.2, -0.15) is 0 Å². The molecule has 1 atom stereocenters. The van der Waals surface area contributed by atoms with Crippen molar-refractivity contribution < 1.29 is 14.2 Å². The van der Waals surface area contributed by atoms with Gasteiger partial charge in [0.25, 0.3) is 0 Å². The van der Waals surface area contributed by atoms with Crippen molar-refractivity contribution in [3.63, 3.8) is 0 Å². The summed E-state index contributed by atoms with van der Waals surface area (Å²) in [4.78, 5) is 4.19. The molecule has 24 heavy (non-hydrogen) atoms. The minimum atomic E-state index is -0.266. The molecule has 0 radical (unpaired) electrons. The highest BCUT2D eigenvalue weighted by atomic mass is 127. The van der Waals surface area contributed by atoms with E-state index < -0.39 is 0 Å². The van der Waals surface area contributed by atoms with E-state index in [1.165, 1.54) is 12.1 Å². The number of guanidine groups is 1. The van der Waals surface area contributed by atoms with Gasteiger partial charge in [-0.05, 0) is 36.6 Å². The maximum Gasteiger partial charge on any atom is 0.191 e. The van der Waals surface area contributed by atoms with E-state index in [-0.39, 0.29) is 41.8 Å². The van der Waals surface area contributed by atoms with Crippen LogP contribution >= 0.6 is 39.9 Å². The normalized spacial score (nSPS) is 20.6. The summed E-state index contributed by atoms with van der Waals surface area (Å²) in [5, 5.41) is 15.7. The fourth-order valence-corrected chi connectivity index (χ4v) is 3.05. The smallest absolute Gasteiger partial charge is 0.191 e. The first-order valence-electron chi connectivity index (χ1n) is 7.66. The van der Waals surface area contributed by atoms with Gasteiger partial charge in [0.15, 0.2) is 5.96 Å². The molecule has 1 aliphatic heterocycles. The minimum Gasteiger partial charge on any atom is -0.396 e. The van der Waals surface area contributed by atoms with Crippen molar-refractivity contribution in [1.29, 1.82) is 0 Å². The second kappa shape index (κ2) is 10.5. The summed E-state index contributed by atoms with van der Waals surface area (Å²) < 4.78 is 19.6. The van der Waals surface area contributed by atoms with Gasteiger partial charge in [0.1, 0.15) is 5.82 Å². The molecule has 3 N–H and O–H groups in total. The van der Waals surface area contributed by atoms with E-state index in [4.69, 9.17) is 4.74 Å². The maximum atomic E-state index is 13.3.